The number of aliphatic hydroxyl groups excluding tert-OH is 2. The molecule has 0 aliphatic carbocycles. The van der Waals surface area contributed by atoms with Gasteiger partial charge in [-0.2, -0.15) is 13.8 Å². The summed E-state index contributed by atoms with van der Waals surface area (Å²) in [6, 6.07) is 16.2. The average molecular weight is 588 g/mol. The van der Waals surface area contributed by atoms with Crippen molar-refractivity contribution in [1.82, 2.24) is 9.55 Å². The Morgan fingerprint density at radius 1 is 1.07 bits per heavy atom. The summed E-state index contributed by atoms with van der Waals surface area (Å²) in [7, 11) is 0. The number of carbonyl (C=O) groups excluding carboxylic acids is 2. The third-order valence-electron chi connectivity index (χ3n) is 6.59. The number of nitrogens with zero attached hydrogens (tertiary/aromatic N) is 2. The van der Waals surface area contributed by atoms with Crippen molar-refractivity contribution in [2.45, 2.75) is 50.0 Å². The summed E-state index contributed by atoms with van der Waals surface area (Å²) in [5.74, 6) is -4.29. The normalized spacial score (nSPS) is 19.3. The molecule has 1 fully saturated rings. The summed E-state index contributed by atoms with van der Waals surface area (Å²) in [4.78, 5) is 40.2. The highest BCUT2D eigenvalue weighted by Gasteiger charge is 2.59. The number of nitrogen functional groups attached to an aromatic ring is 1. The Morgan fingerprint density at radius 3 is 2.52 bits per heavy atom. The number of aliphatic hydroxyl groups is 2. The minimum absolute atomic E-state index is 0.0269. The van der Waals surface area contributed by atoms with Crippen LogP contribution < -0.4 is 22.1 Å². The highest BCUT2D eigenvalue weighted by Crippen LogP contribution is 2.42. The molecular weight excluding hydrogens is 556 g/mol. The Morgan fingerprint density at radius 2 is 1.83 bits per heavy atom. The predicted molar refractivity (Wildman–Crippen MR) is 149 cm³/mol. The molecule has 2 amide bonds. The van der Waals surface area contributed by atoms with Crippen LogP contribution in [0, 0.1) is 0 Å². The maximum absolute atomic E-state index is 14.3. The van der Waals surface area contributed by atoms with Crippen molar-refractivity contribution >= 4 is 29.2 Å². The maximum atomic E-state index is 14.3. The zero-order valence-corrected chi connectivity index (χ0v) is 22.4. The molecule has 12 nitrogen and oxygen atoms in total. The molecule has 0 unspecified atom stereocenters. The zero-order valence-electron chi connectivity index (χ0n) is 22.4. The van der Waals surface area contributed by atoms with Gasteiger partial charge < -0.3 is 30.7 Å². The van der Waals surface area contributed by atoms with Crippen LogP contribution in [-0.2, 0) is 14.3 Å². The number of amides is 2. The third-order valence-corrected chi connectivity index (χ3v) is 6.59. The van der Waals surface area contributed by atoms with Gasteiger partial charge in [0.05, 0.1) is 24.6 Å². The Balaban J connectivity index is 1.17. The number of aromatic nitrogens is 2. The number of benzene rings is 2. The number of halogens is 2. The predicted octanol–water partition coefficient (Wildman–Crippen LogP) is 3.13. The lowest BCUT2D eigenvalue weighted by molar-refractivity contribution is -0.140. The SMILES string of the molecule is Nc1ccc(-c2ccccc2)cc1NC(=O)CCCCCOC(=O)Nc1ccn([C@@H]2O[C@H](CO)[C@@H](O)C2(F)F)c(=O)n1. The van der Waals surface area contributed by atoms with Crippen LogP contribution in [-0.4, -0.2) is 63.1 Å². The number of nitrogens with two attached hydrogens (primary N) is 1. The lowest BCUT2D eigenvalue weighted by atomic mass is 10.0. The van der Waals surface area contributed by atoms with Gasteiger partial charge in [-0.3, -0.25) is 14.7 Å². The lowest BCUT2D eigenvalue weighted by Gasteiger charge is -2.21. The minimum Gasteiger partial charge on any atom is -0.449 e. The van der Waals surface area contributed by atoms with Gasteiger partial charge in [-0.05, 0) is 48.6 Å². The molecule has 42 heavy (non-hydrogen) atoms. The molecule has 2 heterocycles. The lowest BCUT2D eigenvalue weighted by Crippen LogP contribution is -2.41. The Labute approximate surface area is 239 Å². The van der Waals surface area contributed by atoms with Gasteiger partial charge in [0.1, 0.15) is 11.9 Å². The maximum Gasteiger partial charge on any atom is 0.412 e. The molecule has 0 saturated carbocycles. The van der Waals surface area contributed by atoms with E-state index in [0.717, 1.165) is 23.4 Å². The molecule has 0 radical (unpaired) electrons. The second-order valence-electron chi connectivity index (χ2n) is 9.62. The van der Waals surface area contributed by atoms with Gasteiger partial charge >= 0.3 is 17.7 Å². The molecule has 14 heteroatoms. The molecule has 3 atom stereocenters. The van der Waals surface area contributed by atoms with Gasteiger partial charge in [0.2, 0.25) is 12.1 Å². The molecule has 224 valence electrons. The summed E-state index contributed by atoms with van der Waals surface area (Å²) < 4.78 is 39.0. The Kier molecular flexibility index (Phi) is 9.83. The third kappa shape index (κ3) is 7.26. The number of nitrogens with one attached hydrogen (secondary N) is 2. The van der Waals surface area contributed by atoms with E-state index in [0.29, 0.717) is 35.2 Å². The van der Waals surface area contributed by atoms with E-state index in [2.05, 4.69) is 15.6 Å². The summed E-state index contributed by atoms with van der Waals surface area (Å²) in [6.45, 7) is -0.841. The second kappa shape index (κ2) is 13.5. The van der Waals surface area contributed by atoms with Crippen molar-refractivity contribution in [3.63, 3.8) is 0 Å². The van der Waals surface area contributed by atoms with Crippen molar-refractivity contribution < 1.29 is 38.1 Å². The van der Waals surface area contributed by atoms with Gasteiger partial charge in [-0.15, -0.1) is 0 Å². The molecular formula is C28H31F2N5O7. The molecule has 6 N–H and O–H groups in total. The first-order chi connectivity index (χ1) is 20.1. The molecule has 0 bridgehead atoms. The number of ether oxygens (including phenoxy) is 2. The Hall–Kier alpha value is -4.40. The summed E-state index contributed by atoms with van der Waals surface area (Å²) in [6.07, 6.45) is -4.22. The zero-order chi connectivity index (χ0) is 30.3. The van der Waals surface area contributed by atoms with Crippen LogP contribution in [0.1, 0.15) is 31.9 Å². The number of unbranched alkanes of at least 4 members (excludes halogenated alkanes) is 2. The largest absolute Gasteiger partial charge is 0.449 e. The van der Waals surface area contributed by atoms with Gasteiger partial charge in [0.25, 0.3) is 0 Å². The van der Waals surface area contributed by atoms with Crippen LogP contribution in [0.2, 0.25) is 0 Å². The first-order valence-corrected chi connectivity index (χ1v) is 13.2. The van der Waals surface area contributed by atoms with E-state index >= 15 is 0 Å². The van der Waals surface area contributed by atoms with Gasteiger partial charge in [-0.25, -0.2) is 9.59 Å². The van der Waals surface area contributed by atoms with Crippen molar-refractivity contribution in [3.8, 4) is 11.1 Å². The fourth-order valence-electron chi connectivity index (χ4n) is 4.34. The molecule has 1 saturated heterocycles. The summed E-state index contributed by atoms with van der Waals surface area (Å²) >= 11 is 0. The van der Waals surface area contributed by atoms with Crippen molar-refractivity contribution in [2.75, 3.05) is 29.6 Å². The van der Waals surface area contributed by atoms with Crippen molar-refractivity contribution in [2.24, 2.45) is 0 Å². The van der Waals surface area contributed by atoms with E-state index in [-0.39, 0.29) is 24.8 Å². The van der Waals surface area contributed by atoms with E-state index in [1.807, 2.05) is 42.5 Å². The highest BCUT2D eigenvalue weighted by atomic mass is 19.3. The second-order valence-corrected chi connectivity index (χ2v) is 9.62. The first-order valence-electron chi connectivity index (χ1n) is 13.2. The number of carbonyl (C=O) groups is 2. The van der Waals surface area contributed by atoms with Crippen LogP contribution >= 0.6 is 0 Å². The van der Waals surface area contributed by atoms with Crippen molar-refractivity contribution in [3.05, 3.63) is 71.3 Å². The topological polar surface area (TPSA) is 178 Å². The number of rotatable bonds is 11. The van der Waals surface area contributed by atoms with E-state index in [1.165, 1.54) is 0 Å². The van der Waals surface area contributed by atoms with E-state index in [9.17, 15) is 28.3 Å². The first kappa shape index (κ1) is 30.6. The quantitative estimate of drug-likeness (QED) is 0.167. The molecule has 1 aromatic heterocycles. The molecule has 0 spiro atoms. The monoisotopic (exact) mass is 587 g/mol. The standard InChI is InChI=1S/C28H31F2N5O7/c29-28(30)24(38)21(16-36)42-25(28)35-13-12-22(33-26(35)39)34-27(40)41-14-6-2-5-9-23(37)32-20-15-18(10-11-19(20)31)17-7-3-1-4-8-17/h1,3-4,7-8,10-13,15,21,24-25,36,38H,2,5-6,9,14,16,31H2,(H,32,37)(H,33,34,39,40)/t21-,24-,25-/m1/s1. The number of alkyl halides is 2. The van der Waals surface area contributed by atoms with Crippen molar-refractivity contribution in [1.29, 1.82) is 0 Å². The van der Waals surface area contributed by atoms with E-state index < -0.39 is 42.7 Å². The number of hydrogen-bond donors (Lipinski definition) is 5. The number of anilines is 3. The van der Waals surface area contributed by atoms with E-state index in [1.54, 1.807) is 6.07 Å². The fourth-order valence-corrected chi connectivity index (χ4v) is 4.34. The molecule has 1 aliphatic heterocycles. The van der Waals surface area contributed by atoms with Crippen LogP contribution in [0.25, 0.3) is 11.1 Å². The van der Waals surface area contributed by atoms with Gasteiger partial charge in [-0.1, -0.05) is 36.4 Å². The van der Waals surface area contributed by atoms with Crippen LogP contribution in [0.3, 0.4) is 0 Å². The summed E-state index contributed by atoms with van der Waals surface area (Å²) in [5.41, 5.74) is 7.75. The number of hydrogen-bond acceptors (Lipinski definition) is 9. The molecule has 2 aromatic carbocycles. The minimum atomic E-state index is -3.85. The smallest absolute Gasteiger partial charge is 0.412 e. The van der Waals surface area contributed by atoms with Crippen LogP contribution in [0.15, 0.2) is 65.6 Å². The van der Waals surface area contributed by atoms with Crippen LogP contribution in [0.5, 0.6) is 0 Å². The Bertz CT molecular complexity index is 1450. The average Bonchev–Trinajstić information content (AvgIpc) is 3.20. The fraction of sp³-hybridized carbons (Fsp3) is 0.357. The molecule has 3 aromatic rings. The molecule has 1 aliphatic rings. The van der Waals surface area contributed by atoms with Gasteiger partial charge in [0.15, 0.2) is 6.10 Å². The van der Waals surface area contributed by atoms with Crippen LogP contribution in [0.4, 0.5) is 30.8 Å². The van der Waals surface area contributed by atoms with Gasteiger partial charge in [0, 0.05) is 12.6 Å². The van der Waals surface area contributed by atoms with E-state index in [4.69, 9.17) is 20.3 Å². The highest BCUT2D eigenvalue weighted by molar-refractivity contribution is 5.95. The molecule has 4 rings (SSSR count). The summed E-state index contributed by atoms with van der Waals surface area (Å²) in [5, 5.41) is 23.8.